The molecule has 0 aromatic heterocycles. The molecule has 1 aromatic rings. The number of benzene rings is 1. The van der Waals surface area contributed by atoms with Crippen LogP contribution in [0.1, 0.15) is 53.4 Å². The zero-order valence-electron chi connectivity index (χ0n) is 14.8. The number of carbonyl (C=O) groups is 1. The molecule has 2 fully saturated rings. The molecule has 1 heterocycles. The predicted octanol–water partition coefficient (Wildman–Crippen LogP) is 3.25. The normalized spacial score (nSPS) is 22.8. The smallest absolute Gasteiger partial charge is 0.399 e. The van der Waals surface area contributed by atoms with Crippen LogP contribution in [-0.2, 0) is 14.1 Å². The molecule has 3 rings (SSSR count). The molecular weight excluding hydrogens is 308 g/mol. The molecule has 0 spiro atoms. The minimum Gasteiger partial charge on any atom is -0.399 e. The van der Waals surface area contributed by atoms with Crippen molar-refractivity contribution in [2.24, 2.45) is 5.92 Å². The van der Waals surface area contributed by atoms with Crippen molar-refractivity contribution in [3.8, 4) is 0 Å². The summed E-state index contributed by atoms with van der Waals surface area (Å²) in [6.07, 6.45) is 4.02. The summed E-state index contributed by atoms with van der Waals surface area (Å²) < 4.78 is 26.3. The Morgan fingerprint density at radius 1 is 1.17 bits per heavy atom. The summed E-state index contributed by atoms with van der Waals surface area (Å²) >= 11 is 0. The van der Waals surface area contributed by atoms with E-state index >= 15 is 0 Å². The third-order valence-electron chi connectivity index (χ3n) is 5.50. The molecule has 1 aromatic carbocycles. The topological polar surface area (TPSA) is 47.6 Å². The van der Waals surface area contributed by atoms with Gasteiger partial charge in [-0.25, -0.2) is 4.39 Å². The first kappa shape index (κ1) is 17.4. The second kappa shape index (κ2) is 6.15. The first-order chi connectivity index (χ1) is 11.2. The van der Waals surface area contributed by atoms with Gasteiger partial charge in [-0.2, -0.15) is 0 Å². The lowest BCUT2D eigenvalue weighted by Crippen LogP contribution is -2.41. The fourth-order valence-corrected chi connectivity index (χ4v) is 3.20. The van der Waals surface area contributed by atoms with E-state index in [1.165, 1.54) is 6.07 Å². The molecule has 1 aliphatic heterocycles. The summed E-state index contributed by atoms with van der Waals surface area (Å²) in [5, 5.41) is 2.81. The average Bonchev–Trinajstić information content (AvgIpc) is 3.06. The lowest BCUT2D eigenvalue weighted by molar-refractivity contribution is -0.119. The van der Waals surface area contributed by atoms with Gasteiger partial charge in [0.2, 0.25) is 5.91 Å². The third-order valence-corrected chi connectivity index (χ3v) is 5.50. The van der Waals surface area contributed by atoms with E-state index in [0.29, 0.717) is 11.2 Å². The number of nitrogens with one attached hydrogen (secondary N) is 1. The fourth-order valence-electron chi connectivity index (χ4n) is 3.20. The molecule has 130 valence electrons. The van der Waals surface area contributed by atoms with Gasteiger partial charge >= 0.3 is 7.12 Å². The van der Waals surface area contributed by atoms with Gasteiger partial charge in [0.15, 0.2) is 0 Å². The average molecular weight is 333 g/mol. The molecule has 1 saturated heterocycles. The maximum atomic E-state index is 14.5. The van der Waals surface area contributed by atoms with E-state index in [9.17, 15) is 9.18 Å². The number of anilines is 1. The van der Waals surface area contributed by atoms with E-state index in [4.69, 9.17) is 9.31 Å². The Balaban J connectivity index is 1.72. The zero-order valence-corrected chi connectivity index (χ0v) is 14.8. The van der Waals surface area contributed by atoms with Crippen LogP contribution in [0.25, 0.3) is 0 Å². The van der Waals surface area contributed by atoms with Gasteiger partial charge < -0.3 is 14.6 Å². The standard InChI is InChI=1S/C18H25BFNO3/c1-17(2)18(3,4)24-19(23-17)14-10-9-13(11-15(14)20)21-16(22)12-7-5-6-8-12/h9-12H,5-8H2,1-4H3,(H,21,22). The number of hydrogen-bond donors (Lipinski definition) is 1. The predicted molar refractivity (Wildman–Crippen MR) is 92.7 cm³/mol. The van der Waals surface area contributed by atoms with Crippen molar-refractivity contribution in [2.75, 3.05) is 5.32 Å². The van der Waals surface area contributed by atoms with E-state index in [1.807, 2.05) is 27.7 Å². The molecule has 2 aliphatic rings. The Morgan fingerprint density at radius 3 is 2.29 bits per heavy atom. The summed E-state index contributed by atoms with van der Waals surface area (Å²) in [5.74, 6) is -0.399. The van der Waals surface area contributed by atoms with Gasteiger partial charge in [-0.15, -0.1) is 0 Å². The van der Waals surface area contributed by atoms with E-state index in [0.717, 1.165) is 25.7 Å². The van der Waals surface area contributed by atoms with Crippen LogP contribution < -0.4 is 10.8 Å². The Morgan fingerprint density at radius 2 is 1.75 bits per heavy atom. The number of amides is 1. The zero-order chi connectivity index (χ0) is 17.5. The highest BCUT2D eigenvalue weighted by molar-refractivity contribution is 6.62. The van der Waals surface area contributed by atoms with Gasteiger partial charge in [0.1, 0.15) is 5.82 Å². The van der Waals surface area contributed by atoms with E-state index in [2.05, 4.69) is 5.32 Å². The monoisotopic (exact) mass is 333 g/mol. The Hall–Kier alpha value is -1.40. The SMILES string of the molecule is CC1(C)OB(c2ccc(NC(=O)C3CCCC3)cc2F)OC1(C)C. The lowest BCUT2D eigenvalue weighted by atomic mass is 9.78. The van der Waals surface area contributed by atoms with Crippen molar-refractivity contribution >= 4 is 24.2 Å². The van der Waals surface area contributed by atoms with Crippen molar-refractivity contribution in [2.45, 2.75) is 64.6 Å². The summed E-state index contributed by atoms with van der Waals surface area (Å²) in [6, 6.07) is 4.67. The van der Waals surface area contributed by atoms with Crippen LogP contribution in [0, 0.1) is 11.7 Å². The summed E-state index contributed by atoms with van der Waals surface area (Å²) in [5.41, 5.74) is -0.198. The van der Waals surface area contributed by atoms with Crippen molar-refractivity contribution < 1.29 is 18.5 Å². The number of halogens is 1. The molecule has 6 heteroatoms. The van der Waals surface area contributed by atoms with Crippen molar-refractivity contribution in [1.82, 2.24) is 0 Å². The highest BCUT2D eigenvalue weighted by Gasteiger charge is 2.52. The van der Waals surface area contributed by atoms with E-state index < -0.39 is 24.1 Å². The molecule has 1 amide bonds. The van der Waals surface area contributed by atoms with Crippen molar-refractivity contribution in [3.63, 3.8) is 0 Å². The molecule has 0 bridgehead atoms. The van der Waals surface area contributed by atoms with Gasteiger partial charge in [0.25, 0.3) is 0 Å². The van der Waals surface area contributed by atoms with E-state index in [1.54, 1.807) is 12.1 Å². The molecular formula is C18H25BFNO3. The van der Waals surface area contributed by atoms with Crippen LogP contribution in [0.15, 0.2) is 18.2 Å². The second-order valence-electron chi connectivity index (χ2n) is 7.80. The Kier molecular flexibility index (Phi) is 4.47. The molecule has 1 saturated carbocycles. The number of carbonyl (C=O) groups excluding carboxylic acids is 1. The van der Waals surface area contributed by atoms with Crippen molar-refractivity contribution in [1.29, 1.82) is 0 Å². The molecule has 0 atom stereocenters. The number of hydrogen-bond acceptors (Lipinski definition) is 3. The number of rotatable bonds is 3. The van der Waals surface area contributed by atoms with Gasteiger partial charge in [0.05, 0.1) is 11.2 Å². The minimum absolute atomic E-state index is 0.0183. The van der Waals surface area contributed by atoms with Crippen LogP contribution in [0.2, 0.25) is 0 Å². The van der Waals surface area contributed by atoms with Gasteiger partial charge in [-0.05, 0) is 52.7 Å². The van der Waals surface area contributed by atoms with Crippen LogP contribution in [0.4, 0.5) is 10.1 Å². The molecule has 1 aliphatic carbocycles. The first-order valence-electron chi connectivity index (χ1n) is 8.65. The molecule has 4 nitrogen and oxygen atoms in total. The van der Waals surface area contributed by atoms with Crippen LogP contribution >= 0.6 is 0 Å². The summed E-state index contributed by atoms with van der Waals surface area (Å²) in [4.78, 5) is 12.2. The Bertz CT molecular complexity index is 625. The van der Waals surface area contributed by atoms with Crippen LogP contribution in [0.5, 0.6) is 0 Å². The highest BCUT2D eigenvalue weighted by atomic mass is 19.1. The summed E-state index contributed by atoms with van der Waals surface area (Å²) in [6.45, 7) is 7.73. The lowest BCUT2D eigenvalue weighted by Gasteiger charge is -2.32. The van der Waals surface area contributed by atoms with Gasteiger partial charge in [-0.3, -0.25) is 4.79 Å². The maximum absolute atomic E-state index is 14.5. The quantitative estimate of drug-likeness (QED) is 0.864. The molecule has 1 N–H and O–H groups in total. The molecule has 0 unspecified atom stereocenters. The minimum atomic E-state index is -0.741. The maximum Gasteiger partial charge on any atom is 0.497 e. The first-order valence-corrected chi connectivity index (χ1v) is 8.65. The van der Waals surface area contributed by atoms with Crippen LogP contribution in [-0.4, -0.2) is 24.2 Å². The fraction of sp³-hybridized carbons (Fsp3) is 0.611. The Labute approximate surface area is 143 Å². The molecule has 24 heavy (non-hydrogen) atoms. The second-order valence-corrected chi connectivity index (χ2v) is 7.80. The molecule has 0 radical (unpaired) electrons. The third kappa shape index (κ3) is 3.22. The largest absolute Gasteiger partial charge is 0.497 e. The summed E-state index contributed by atoms with van der Waals surface area (Å²) in [7, 11) is -0.741. The highest BCUT2D eigenvalue weighted by Crippen LogP contribution is 2.36. The van der Waals surface area contributed by atoms with E-state index in [-0.39, 0.29) is 11.8 Å². The van der Waals surface area contributed by atoms with Gasteiger partial charge in [-0.1, -0.05) is 18.9 Å². The van der Waals surface area contributed by atoms with Crippen molar-refractivity contribution in [3.05, 3.63) is 24.0 Å². The van der Waals surface area contributed by atoms with Gasteiger partial charge in [0, 0.05) is 17.1 Å². The van der Waals surface area contributed by atoms with Crippen LogP contribution in [0.3, 0.4) is 0 Å².